The summed E-state index contributed by atoms with van der Waals surface area (Å²) in [6.45, 7) is 4.20. The second kappa shape index (κ2) is 5.43. The van der Waals surface area contributed by atoms with E-state index in [-0.39, 0.29) is 6.04 Å². The van der Waals surface area contributed by atoms with Gasteiger partial charge in [-0.25, -0.2) is 0 Å². The third kappa shape index (κ3) is 2.77. The Labute approximate surface area is 121 Å². The first-order valence-corrected chi connectivity index (χ1v) is 6.94. The molecule has 0 aliphatic heterocycles. The van der Waals surface area contributed by atoms with Crippen LogP contribution in [0.5, 0.6) is 0 Å². The molecule has 0 saturated heterocycles. The van der Waals surface area contributed by atoms with Crippen molar-refractivity contribution in [3.63, 3.8) is 0 Å². The lowest BCUT2D eigenvalue weighted by molar-refractivity contribution is 0.858. The van der Waals surface area contributed by atoms with Crippen LogP contribution in [0.3, 0.4) is 0 Å². The quantitative estimate of drug-likeness (QED) is 0.846. The lowest BCUT2D eigenvalue weighted by Gasteiger charge is -2.17. The molecule has 1 unspecified atom stereocenters. The van der Waals surface area contributed by atoms with Gasteiger partial charge in [-0.05, 0) is 54.3 Å². The zero-order chi connectivity index (χ0) is 13.3. The van der Waals surface area contributed by atoms with Crippen molar-refractivity contribution < 1.29 is 0 Å². The Bertz CT molecular complexity index is 560. The number of aryl methyl sites for hydroxylation is 1. The molecule has 2 N–H and O–H groups in total. The summed E-state index contributed by atoms with van der Waals surface area (Å²) in [6, 6.07) is 11.8. The van der Waals surface area contributed by atoms with Crippen LogP contribution in [-0.4, -0.2) is 0 Å². The lowest BCUT2D eigenvalue weighted by Crippen LogP contribution is -2.13. The van der Waals surface area contributed by atoms with E-state index in [1.165, 1.54) is 11.1 Å². The van der Waals surface area contributed by atoms with Crippen molar-refractivity contribution in [2.75, 3.05) is 0 Å². The Morgan fingerprint density at radius 3 is 2.56 bits per heavy atom. The summed E-state index contributed by atoms with van der Waals surface area (Å²) < 4.78 is 0.950. The van der Waals surface area contributed by atoms with Crippen LogP contribution in [0.4, 0.5) is 0 Å². The molecule has 2 aromatic rings. The fraction of sp³-hybridized carbons (Fsp3) is 0.200. The highest BCUT2D eigenvalue weighted by Gasteiger charge is 2.13. The minimum absolute atomic E-state index is 0.153. The predicted octanol–water partition coefficient (Wildman–Crippen LogP) is 4.77. The molecule has 0 radical (unpaired) electrons. The SMILES string of the molecule is Cc1cccc(C(N)c2cc(Cl)cc(Br)c2)c1C. The molecule has 18 heavy (non-hydrogen) atoms. The first-order chi connectivity index (χ1) is 8.49. The molecule has 0 heterocycles. The molecule has 0 spiro atoms. The second-order valence-electron chi connectivity index (χ2n) is 4.47. The summed E-state index contributed by atoms with van der Waals surface area (Å²) >= 11 is 9.51. The van der Waals surface area contributed by atoms with Crippen LogP contribution in [0.25, 0.3) is 0 Å². The molecule has 1 nitrogen and oxygen atoms in total. The maximum absolute atomic E-state index is 6.34. The average Bonchev–Trinajstić information content (AvgIpc) is 2.30. The predicted molar refractivity (Wildman–Crippen MR) is 81.1 cm³/mol. The first kappa shape index (κ1) is 13.6. The summed E-state index contributed by atoms with van der Waals surface area (Å²) in [5.41, 5.74) is 11.0. The average molecular weight is 325 g/mol. The number of nitrogens with two attached hydrogens (primary N) is 1. The van der Waals surface area contributed by atoms with E-state index in [0.717, 1.165) is 15.6 Å². The molecular formula is C15H15BrClN. The van der Waals surface area contributed by atoms with Gasteiger partial charge in [0.25, 0.3) is 0 Å². The van der Waals surface area contributed by atoms with E-state index < -0.39 is 0 Å². The molecule has 0 aliphatic carbocycles. The van der Waals surface area contributed by atoms with Gasteiger partial charge in [-0.3, -0.25) is 0 Å². The van der Waals surface area contributed by atoms with Gasteiger partial charge >= 0.3 is 0 Å². The van der Waals surface area contributed by atoms with Crippen molar-refractivity contribution in [2.24, 2.45) is 5.73 Å². The van der Waals surface area contributed by atoms with Crippen LogP contribution >= 0.6 is 27.5 Å². The van der Waals surface area contributed by atoms with E-state index in [0.29, 0.717) is 5.02 Å². The van der Waals surface area contributed by atoms with E-state index in [1.807, 2.05) is 24.3 Å². The van der Waals surface area contributed by atoms with Crippen LogP contribution in [-0.2, 0) is 0 Å². The molecule has 0 saturated carbocycles. The molecule has 2 aromatic carbocycles. The molecular weight excluding hydrogens is 310 g/mol. The third-order valence-electron chi connectivity index (χ3n) is 3.23. The zero-order valence-electron chi connectivity index (χ0n) is 10.4. The van der Waals surface area contributed by atoms with Crippen molar-refractivity contribution in [3.05, 3.63) is 68.1 Å². The smallest absolute Gasteiger partial charge is 0.0555 e. The Kier molecular flexibility index (Phi) is 4.10. The second-order valence-corrected chi connectivity index (χ2v) is 5.82. The number of hydrogen-bond donors (Lipinski definition) is 1. The third-order valence-corrected chi connectivity index (χ3v) is 3.90. The van der Waals surface area contributed by atoms with Crippen molar-refractivity contribution in [1.82, 2.24) is 0 Å². The molecule has 94 valence electrons. The summed E-state index contributed by atoms with van der Waals surface area (Å²) in [5, 5.41) is 0.695. The molecule has 0 aromatic heterocycles. The molecule has 0 fully saturated rings. The van der Waals surface area contributed by atoms with Gasteiger partial charge in [0.15, 0.2) is 0 Å². The monoisotopic (exact) mass is 323 g/mol. The van der Waals surface area contributed by atoms with Gasteiger partial charge in [-0.15, -0.1) is 0 Å². The van der Waals surface area contributed by atoms with Gasteiger partial charge < -0.3 is 5.73 Å². The number of hydrogen-bond acceptors (Lipinski definition) is 1. The first-order valence-electron chi connectivity index (χ1n) is 5.76. The highest BCUT2D eigenvalue weighted by Crippen LogP contribution is 2.28. The fourth-order valence-electron chi connectivity index (χ4n) is 2.04. The molecule has 1 atom stereocenters. The van der Waals surface area contributed by atoms with Crippen LogP contribution in [0.1, 0.15) is 28.3 Å². The summed E-state index contributed by atoms with van der Waals surface area (Å²) in [6.07, 6.45) is 0. The molecule has 0 aliphatic rings. The standard InChI is InChI=1S/C15H15BrClN/c1-9-4-3-5-14(10(9)2)15(18)11-6-12(16)8-13(17)7-11/h3-8,15H,18H2,1-2H3. The Morgan fingerprint density at radius 2 is 1.89 bits per heavy atom. The zero-order valence-corrected chi connectivity index (χ0v) is 12.7. The maximum Gasteiger partial charge on any atom is 0.0555 e. The summed E-state index contributed by atoms with van der Waals surface area (Å²) in [7, 11) is 0. The molecule has 0 amide bonds. The van der Waals surface area contributed by atoms with E-state index in [9.17, 15) is 0 Å². The van der Waals surface area contributed by atoms with Crippen LogP contribution < -0.4 is 5.73 Å². The topological polar surface area (TPSA) is 26.0 Å². The van der Waals surface area contributed by atoms with Crippen LogP contribution in [0.2, 0.25) is 5.02 Å². The number of rotatable bonds is 2. The highest BCUT2D eigenvalue weighted by atomic mass is 79.9. The Balaban J connectivity index is 2.47. The van der Waals surface area contributed by atoms with Gasteiger partial charge in [0.05, 0.1) is 6.04 Å². The van der Waals surface area contributed by atoms with E-state index in [1.54, 1.807) is 0 Å². The van der Waals surface area contributed by atoms with Crippen LogP contribution in [0, 0.1) is 13.8 Å². The largest absolute Gasteiger partial charge is 0.320 e. The summed E-state index contributed by atoms with van der Waals surface area (Å²) in [5.74, 6) is 0. The molecule has 0 bridgehead atoms. The molecule has 2 rings (SSSR count). The summed E-state index contributed by atoms with van der Waals surface area (Å²) in [4.78, 5) is 0. The van der Waals surface area contributed by atoms with Crippen molar-refractivity contribution in [1.29, 1.82) is 0 Å². The molecule has 3 heteroatoms. The highest BCUT2D eigenvalue weighted by molar-refractivity contribution is 9.10. The van der Waals surface area contributed by atoms with E-state index >= 15 is 0 Å². The van der Waals surface area contributed by atoms with E-state index in [2.05, 4.69) is 41.9 Å². The fourth-order valence-corrected chi connectivity index (χ4v) is 2.93. The van der Waals surface area contributed by atoms with Gasteiger partial charge in [-0.1, -0.05) is 45.7 Å². The lowest BCUT2D eigenvalue weighted by atomic mass is 9.93. The number of halogens is 2. The van der Waals surface area contributed by atoms with Crippen LogP contribution in [0.15, 0.2) is 40.9 Å². The minimum Gasteiger partial charge on any atom is -0.320 e. The van der Waals surface area contributed by atoms with Crippen molar-refractivity contribution >= 4 is 27.5 Å². The normalized spacial score (nSPS) is 12.5. The maximum atomic E-state index is 6.34. The van der Waals surface area contributed by atoms with Gasteiger partial charge in [0.2, 0.25) is 0 Å². The van der Waals surface area contributed by atoms with Gasteiger partial charge in [-0.2, -0.15) is 0 Å². The van der Waals surface area contributed by atoms with Crippen molar-refractivity contribution in [3.8, 4) is 0 Å². The van der Waals surface area contributed by atoms with Gasteiger partial charge in [0.1, 0.15) is 0 Å². The van der Waals surface area contributed by atoms with Crippen molar-refractivity contribution in [2.45, 2.75) is 19.9 Å². The van der Waals surface area contributed by atoms with Gasteiger partial charge in [0, 0.05) is 9.50 Å². The Morgan fingerprint density at radius 1 is 1.17 bits per heavy atom. The number of benzene rings is 2. The Hall–Kier alpha value is -0.830. The van der Waals surface area contributed by atoms with E-state index in [4.69, 9.17) is 17.3 Å². The minimum atomic E-state index is -0.153.